The Kier molecular flexibility index (Phi) is 2.57. The average Bonchev–Trinajstić information content (AvgIpc) is 2.66. The second-order valence-electron chi connectivity index (χ2n) is 3.84. The minimum Gasteiger partial charge on any atom is -0.292 e. The molecule has 15 heavy (non-hydrogen) atoms. The number of aryl methyl sites for hydroxylation is 1. The van der Waals surface area contributed by atoms with E-state index in [-0.39, 0.29) is 0 Å². The van der Waals surface area contributed by atoms with Crippen molar-refractivity contribution in [1.82, 2.24) is 5.32 Å². The third-order valence-corrected chi connectivity index (χ3v) is 2.99. The molecule has 2 heteroatoms. The highest BCUT2D eigenvalue weighted by Gasteiger charge is 2.37. The third-order valence-electron chi connectivity index (χ3n) is 2.99. The summed E-state index contributed by atoms with van der Waals surface area (Å²) in [6.07, 6.45) is 3.63. The zero-order chi connectivity index (χ0) is 10.7. The Balaban J connectivity index is 2.37. The van der Waals surface area contributed by atoms with Crippen LogP contribution in [0, 0.1) is 11.3 Å². The molecule has 0 saturated heterocycles. The normalized spacial score (nSPS) is 23.1. The summed E-state index contributed by atoms with van der Waals surface area (Å²) in [6, 6.07) is 10.6. The molecular weight excluding hydrogens is 184 g/mol. The molecular formula is C13H14N2. The summed E-state index contributed by atoms with van der Waals surface area (Å²) in [6.45, 7) is 4.34. The average molecular weight is 198 g/mol. The van der Waals surface area contributed by atoms with E-state index in [2.05, 4.69) is 24.0 Å². The summed E-state index contributed by atoms with van der Waals surface area (Å²) in [5.41, 5.74) is 1.93. The van der Waals surface area contributed by atoms with Gasteiger partial charge in [-0.25, -0.2) is 0 Å². The van der Waals surface area contributed by atoms with Crippen LogP contribution in [0.1, 0.15) is 17.5 Å². The molecule has 1 aromatic carbocycles. The first-order valence-corrected chi connectivity index (χ1v) is 5.18. The second kappa shape index (κ2) is 3.88. The van der Waals surface area contributed by atoms with Gasteiger partial charge in [-0.1, -0.05) is 30.3 Å². The van der Waals surface area contributed by atoms with E-state index < -0.39 is 5.54 Å². The van der Waals surface area contributed by atoms with E-state index in [0.717, 1.165) is 18.4 Å². The molecule has 0 saturated carbocycles. The van der Waals surface area contributed by atoms with Gasteiger partial charge in [-0.05, 0) is 24.0 Å². The lowest BCUT2D eigenvalue weighted by Gasteiger charge is -2.23. The number of benzene rings is 1. The van der Waals surface area contributed by atoms with Crippen molar-refractivity contribution in [2.24, 2.45) is 0 Å². The zero-order valence-electron chi connectivity index (χ0n) is 8.66. The predicted molar refractivity (Wildman–Crippen MR) is 60.3 cm³/mol. The van der Waals surface area contributed by atoms with Gasteiger partial charge in [0.1, 0.15) is 5.54 Å². The number of rotatable bonds is 3. The van der Waals surface area contributed by atoms with Crippen LogP contribution in [0.25, 0.3) is 0 Å². The van der Waals surface area contributed by atoms with E-state index in [1.807, 2.05) is 18.2 Å². The van der Waals surface area contributed by atoms with Gasteiger partial charge in [0.05, 0.1) is 6.07 Å². The molecule has 0 fully saturated rings. The molecule has 1 unspecified atom stereocenters. The number of hydrogen-bond donors (Lipinski definition) is 1. The number of hydrogen-bond acceptors (Lipinski definition) is 2. The van der Waals surface area contributed by atoms with E-state index in [9.17, 15) is 5.26 Å². The van der Waals surface area contributed by atoms with Crippen molar-refractivity contribution in [2.45, 2.75) is 18.4 Å². The fraction of sp³-hybridized carbons (Fsp3) is 0.308. The Morgan fingerprint density at radius 1 is 1.53 bits per heavy atom. The van der Waals surface area contributed by atoms with Crippen molar-refractivity contribution in [1.29, 1.82) is 5.26 Å². The number of fused-ring (bicyclic) bond motifs is 1. The summed E-state index contributed by atoms with van der Waals surface area (Å²) >= 11 is 0. The fourth-order valence-corrected chi connectivity index (χ4v) is 2.20. The van der Waals surface area contributed by atoms with Crippen molar-refractivity contribution in [3.63, 3.8) is 0 Å². The van der Waals surface area contributed by atoms with Gasteiger partial charge >= 0.3 is 0 Å². The quantitative estimate of drug-likeness (QED) is 0.755. The topological polar surface area (TPSA) is 35.8 Å². The van der Waals surface area contributed by atoms with Crippen LogP contribution in [-0.2, 0) is 12.0 Å². The zero-order valence-corrected chi connectivity index (χ0v) is 8.66. The van der Waals surface area contributed by atoms with E-state index in [1.165, 1.54) is 5.56 Å². The maximum atomic E-state index is 9.34. The van der Waals surface area contributed by atoms with Gasteiger partial charge < -0.3 is 0 Å². The molecule has 0 radical (unpaired) electrons. The van der Waals surface area contributed by atoms with Crippen molar-refractivity contribution in [2.75, 3.05) is 6.54 Å². The van der Waals surface area contributed by atoms with Gasteiger partial charge in [0.25, 0.3) is 0 Å². The molecule has 1 aliphatic rings. The van der Waals surface area contributed by atoms with Gasteiger partial charge in [0, 0.05) is 6.54 Å². The van der Waals surface area contributed by atoms with Crippen LogP contribution in [0.15, 0.2) is 36.9 Å². The maximum Gasteiger partial charge on any atom is 0.133 e. The van der Waals surface area contributed by atoms with E-state index in [4.69, 9.17) is 0 Å². The van der Waals surface area contributed by atoms with Crippen LogP contribution in [-0.4, -0.2) is 6.54 Å². The van der Waals surface area contributed by atoms with E-state index >= 15 is 0 Å². The SMILES string of the molecule is C=CCNC1(C#N)CCc2ccccc21. The van der Waals surface area contributed by atoms with Crippen molar-refractivity contribution in [3.05, 3.63) is 48.0 Å². The van der Waals surface area contributed by atoms with Crippen LogP contribution in [0.2, 0.25) is 0 Å². The van der Waals surface area contributed by atoms with Crippen LogP contribution >= 0.6 is 0 Å². The maximum absolute atomic E-state index is 9.34. The molecule has 1 atom stereocenters. The summed E-state index contributed by atoms with van der Waals surface area (Å²) in [5.74, 6) is 0. The fourth-order valence-electron chi connectivity index (χ4n) is 2.20. The Morgan fingerprint density at radius 3 is 3.07 bits per heavy atom. The smallest absolute Gasteiger partial charge is 0.133 e. The molecule has 1 aliphatic carbocycles. The van der Waals surface area contributed by atoms with Crippen LogP contribution in [0.4, 0.5) is 0 Å². The molecule has 0 spiro atoms. The molecule has 0 bridgehead atoms. The van der Waals surface area contributed by atoms with Crippen LogP contribution in [0.5, 0.6) is 0 Å². The first-order valence-electron chi connectivity index (χ1n) is 5.18. The van der Waals surface area contributed by atoms with Crippen molar-refractivity contribution >= 4 is 0 Å². The highest BCUT2D eigenvalue weighted by atomic mass is 15.0. The minimum absolute atomic E-state index is 0.495. The molecule has 0 heterocycles. The first-order chi connectivity index (χ1) is 7.32. The lowest BCUT2D eigenvalue weighted by Crippen LogP contribution is -2.39. The molecule has 2 nitrogen and oxygen atoms in total. The Bertz CT molecular complexity index is 417. The van der Waals surface area contributed by atoms with Gasteiger partial charge in [0.15, 0.2) is 0 Å². The Morgan fingerprint density at radius 2 is 2.33 bits per heavy atom. The van der Waals surface area contributed by atoms with Crippen molar-refractivity contribution in [3.8, 4) is 6.07 Å². The summed E-state index contributed by atoms with van der Waals surface area (Å²) in [5, 5.41) is 12.6. The van der Waals surface area contributed by atoms with E-state index in [1.54, 1.807) is 6.08 Å². The monoisotopic (exact) mass is 198 g/mol. The van der Waals surface area contributed by atoms with Gasteiger partial charge in [-0.3, -0.25) is 5.32 Å². The predicted octanol–water partition coefficient (Wildman–Crippen LogP) is 2.13. The number of nitriles is 1. The van der Waals surface area contributed by atoms with Gasteiger partial charge in [0.2, 0.25) is 0 Å². The van der Waals surface area contributed by atoms with Crippen molar-refractivity contribution < 1.29 is 0 Å². The Labute approximate surface area is 90.2 Å². The van der Waals surface area contributed by atoms with E-state index in [0.29, 0.717) is 6.54 Å². The highest BCUT2D eigenvalue weighted by Crippen LogP contribution is 2.36. The third kappa shape index (κ3) is 1.55. The minimum atomic E-state index is -0.495. The molecule has 2 rings (SSSR count). The second-order valence-corrected chi connectivity index (χ2v) is 3.84. The van der Waals surface area contributed by atoms with Crippen LogP contribution in [0.3, 0.4) is 0 Å². The lowest BCUT2D eigenvalue weighted by molar-refractivity contribution is 0.447. The number of nitrogens with zero attached hydrogens (tertiary/aromatic N) is 1. The summed E-state index contributed by atoms with van der Waals surface area (Å²) in [4.78, 5) is 0. The standard InChI is InChI=1S/C13H14N2/c1-2-9-15-13(10-14)8-7-11-5-3-4-6-12(11)13/h2-6,15H,1,7-9H2. The molecule has 0 aliphatic heterocycles. The lowest BCUT2D eigenvalue weighted by atomic mass is 9.93. The van der Waals surface area contributed by atoms with Gasteiger partial charge in [-0.2, -0.15) is 5.26 Å². The summed E-state index contributed by atoms with van der Waals surface area (Å²) < 4.78 is 0. The van der Waals surface area contributed by atoms with Crippen LogP contribution < -0.4 is 5.32 Å². The molecule has 1 N–H and O–H groups in total. The van der Waals surface area contributed by atoms with Gasteiger partial charge in [-0.15, -0.1) is 6.58 Å². The molecule has 76 valence electrons. The molecule has 0 aromatic heterocycles. The first kappa shape index (κ1) is 9.95. The largest absolute Gasteiger partial charge is 0.292 e. The summed E-state index contributed by atoms with van der Waals surface area (Å²) in [7, 11) is 0. The number of nitrogens with one attached hydrogen (secondary N) is 1. The highest BCUT2D eigenvalue weighted by molar-refractivity contribution is 5.43. The molecule has 1 aromatic rings. The Hall–Kier alpha value is -1.59. The molecule has 0 amide bonds.